The molecule has 2 aromatic rings. The maximum absolute atomic E-state index is 11.7. The standard InChI is InChI=1S/C13H14OS/c1-8(2)13-12(9(3)14)10-6-4-5-7-11(10)15-13/h4-8H,1-3H3. The van der Waals surface area contributed by atoms with E-state index in [0.717, 1.165) is 10.9 Å². The molecule has 0 fully saturated rings. The fraction of sp³-hybridized carbons (Fsp3) is 0.308. The highest BCUT2D eigenvalue weighted by Crippen LogP contribution is 2.35. The summed E-state index contributed by atoms with van der Waals surface area (Å²) in [6, 6.07) is 8.13. The van der Waals surface area contributed by atoms with E-state index >= 15 is 0 Å². The molecule has 1 aromatic carbocycles. The van der Waals surface area contributed by atoms with Crippen LogP contribution in [0.5, 0.6) is 0 Å². The van der Waals surface area contributed by atoms with Crippen LogP contribution in [0.1, 0.15) is 41.9 Å². The number of Topliss-reactive ketones (excluding diaryl/α,β-unsaturated/α-hetero) is 1. The maximum Gasteiger partial charge on any atom is 0.161 e. The summed E-state index contributed by atoms with van der Waals surface area (Å²) in [6.07, 6.45) is 0. The topological polar surface area (TPSA) is 17.1 Å². The lowest BCUT2D eigenvalue weighted by Crippen LogP contribution is -1.96. The second-order valence-corrected chi connectivity index (χ2v) is 5.13. The minimum absolute atomic E-state index is 0.177. The van der Waals surface area contributed by atoms with Gasteiger partial charge in [-0.15, -0.1) is 11.3 Å². The third-order valence-electron chi connectivity index (χ3n) is 2.50. The molecule has 0 unspecified atom stereocenters. The highest BCUT2D eigenvalue weighted by atomic mass is 32.1. The van der Waals surface area contributed by atoms with E-state index in [0.29, 0.717) is 5.92 Å². The summed E-state index contributed by atoms with van der Waals surface area (Å²) < 4.78 is 1.21. The minimum Gasteiger partial charge on any atom is -0.294 e. The summed E-state index contributed by atoms with van der Waals surface area (Å²) >= 11 is 1.74. The zero-order valence-corrected chi connectivity index (χ0v) is 10.0. The van der Waals surface area contributed by atoms with Crippen molar-refractivity contribution in [2.24, 2.45) is 0 Å². The van der Waals surface area contributed by atoms with Gasteiger partial charge in [0.1, 0.15) is 0 Å². The van der Waals surface area contributed by atoms with Gasteiger partial charge in [-0.3, -0.25) is 4.79 Å². The molecule has 0 spiro atoms. The Hall–Kier alpha value is -1.15. The van der Waals surface area contributed by atoms with Crippen molar-refractivity contribution < 1.29 is 4.79 Å². The van der Waals surface area contributed by atoms with E-state index in [2.05, 4.69) is 19.9 Å². The monoisotopic (exact) mass is 218 g/mol. The predicted molar refractivity (Wildman–Crippen MR) is 65.9 cm³/mol. The van der Waals surface area contributed by atoms with Crippen LogP contribution in [-0.4, -0.2) is 5.78 Å². The first-order valence-electron chi connectivity index (χ1n) is 5.13. The fourth-order valence-corrected chi connectivity index (χ4v) is 3.09. The summed E-state index contributed by atoms with van der Waals surface area (Å²) in [5.41, 5.74) is 0.922. The van der Waals surface area contributed by atoms with E-state index in [4.69, 9.17) is 0 Å². The van der Waals surface area contributed by atoms with Gasteiger partial charge in [0.05, 0.1) is 0 Å². The summed E-state index contributed by atoms with van der Waals surface area (Å²) in [7, 11) is 0. The van der Waals surface area contributed by atoms with Crippen LogP contribution in [0.4, 0.5) is 0 Å². The van der Waals surface area contributed by atoms with Crippen molar-refractivity contribution in [3.8, 4) is 0 Å². The Bertz CT molecular complexity index is 508. The van der Waals surface area contributed by atoms with Crippen LogP contribution >= 0.6 is 11.3 Å². The molecule has 0 aliphatic heterocycles. The van der Waals surface area contributed by atoms with Crippen molar-refractivity contribution in [2.45, 2.75) is 26.7 Å². The quantitative estimate of drug-likeness (QED) is 0.689. The number of benzene rings is 1. The molecule has 1 heterocycles. The molecule has 0 radical (unpaired) electrons. The maximum atomic E-state index is 11.7. The van der Waals surface area contributed by atoms with Crippen LogP contribution in [0.25, 0.3) is 10.1 Å². The zero-order valence-electron chi connectivity index (χ0n) is 9.20. The van der Waals surface area contributed by atoms with Crippen molar-refractivity contribution in [3.05, 3.63) is 34.7 Å². The Balaban J connectivity index is 2.80. The van der Waals surface area contributed by atoms with Gasteiger partial charge in [0, 0.05) is 20.5 Å². The predicted octanol–water partition coefficient (Wildman–Crippen LogP) is 4.23. The number of thiophene rings is 1. The fourth-order valence-electron chi connectivity index (χ4n) is 1.83. The molecule has 0 N–H and O–H groups in total. The molecule has 0 saturated carbocycles. The third kappa shape index (κ3) is 1.70. The number of fused-ring (bicyclic) bond motifs is 1. The Labute approximate surface area is 93.7 Å². The molecular formula is C13H14OS. The first-order valence-corrected chi connectivity index (χ1v) is 5.95. The van der Waals surface area contributed by atoms with Gasteiger partial charge in [0.25, 0.3) is 0 Å². The number of hydrogen-bond acceptors (Lipinski definition) is 2. The van der Waals surface area contributed by atoms with Gasteiger partial charge >= 0.3 is 0 Å². The second kappa shape index (κ2) is 3.78. The van der Waals surface area contributed by atoms with Crippen molar-refractivity contribution >= 4 is 27.2 Å². The van der Waals surface area contributed by atoms with Gasteiger partial charge in [-0.05, 0) is 18.9 Å². The number of rotatable bonds is 2. The number of ketones is 1. The normalized spacial score (nSPS) is 11.2. The Morgan fingerprint density at radius 3 is 2.53 bits per heavy atom. The minimum atomic E-state index is 0.177. The molecular weight excluding hydrogens is 204 g/mol. The van der Waals surface area contributed by atoms with Crippen molar-refractivity contribution in [1.29, 1.82) is 0 Å². The highest BCUT2D eigenvalue weighted by molar-refractivity contribution is 7.19. The Morgan fingerprint density at radius 2 is 1.93 bits per heavy atom. The molecule has 2 rings (SSSR count). The first kappa shape index (κ1) is 10.4. The lowest BCUT2D eigenvalue weighted by Gasteiger charge is -2.03. The van der Waals surface area contributed by atoms with Crippen LogP contribution in [-0.2, 0) is 0 Å². The zero-order chi connectivity index (χ0) is 11.0. The molecule has 1 aromatic heterocycles. The van der Waals surface area contributed by atoms with Crippen LogP contribution < -0.4 is 0 Å². The highest BCUT2D eigenvalue weighted by Gasteiger charge is 2.17. The van der Waals surface area contributed by atoms with E-state index < -0.39 is 0 Å². The van der Waals surface area contributed by atoms with E-state index in [-0.39, 0.29) is 5.78 Å². The van der Waals surface area contributed by atoms with E-state index in [9.17, 15) is 4.79 Å². The lowest BCUT2D eigenvalue weighted by molar-refractivity contribution is 0.101. The van der Waals surface area contributed by atoms with Crippen LogP contribution in [0, 0.1) is 0 Å². The summed E-state index contributed by atoms with van der Waals surface area (Å²) in [4.78, 5) is 12.9. The molecule has 15 heavy (non-hydrogen) atoms. The van der Waals surface area contributed by atoms with Crippen molar-refractivity contribution in [3.63, 3.8) is 0 Å². The molecule has 78 valence electrons. The van der Waals surface area contributed by atoms with Crippen molar-refractivity contribution in [2.75, 3.05) is 0 Å². The van der Waals surface area contributed by atoms with Gasteiger partial charge < -0.3 is 0 Å². The summed E-state index contributed by atoms with van der Waals surface area (Å²) in [5, 5.41) is 1.11. The van der Waals surface area contributed by atoms with Crippen LogP contribution in [0.15, 0.2) is 24.3 Å². The third-order valence-corrected chi connectivity index (χ3v) is 3.97. The first-order chi connectivity index (χ1) is 7.11. The smallest absolute Gasteiger partial charge is 0.161 e. The molecule has 0 amide bonds. The molecule has 0 atom stereocenters. The average molecular weight is 218 g/mol. The van der Waals surface area contributed by atoms with Crippen LogP contribution in [0.3, 0.4) is 0 Å². The van der Waals surface area contributed by atoms with E-state index in [1.54, 1.807) is 18.3 Å². The Kier molecular flexibility index (Phi) is 2.61. The number of hydrogen-bond donors (Lipinski definition) is 0. The average Bonchev–Trinajstić information content (AvgIpc) is 2.56. The SMILES string of the molecule is CC(=O)c1c(C(C)C)sc2ccccc12. The molecule has 2 heteroatoms. The van der Waals surface area contributed by atoms with Gasteiger partial charge in [-0.1, -0.05) is 32.0 Å². The van der Waals surface area contributed by atoms with Gasteiger partial charge in [0.2, 0.25) is 0 Å². The van der Waals surface area contributed by atoms with Gasteiger partial charge in [-0.25, -0.2) is 0 Å². The van der Waals surface area contributed by atoms with Crippen LogP contribution in [0.2, 0.25) is 0 Å². The Morgan fingerprint density at radius 1 is 1.27 bits per heavy atom. The molecule has 0 aliphatic carbocycles. The van der Waals surface area contributed by atoms with Gasteiger partial charge in [-0.2, -0.15) is 0 Å². The summed E-state index contributed by atoms with van der Waals surface area (Å²) in [6.45, 7) is 5.93. The van der Waals surface area contributed by atoms with E-state index in [1.165, 1.54) is 9.58 Å². The largest absolute Gasteiger partial charge is 0.294 e. The second-order valence-electron chi connectivity index (χ2n) is 4.05. The number of carbonyl (C=O) groups excluding carboxylic acids is 1. The summed E-state index contributed by atoms with van der Waals surface area (Å²) in [5.74, 6) is 0.595. The lowest BCUT2D eigenvalue weighted by atomic mass is 10.0. The van der Waals surface area contributed by atoms with Gasteiger partial charge in [0.15, 0.2) is 5.78 Å². The van der Waals surface area contributed by atoms with Crippen molar-refractivity contribution in [1.82, 2.24) is 0 Å². The molecule has 0 bridgehead atoms. The molecule has 0 aliphatic rings. The molecule has 1 nitrogen and oxygen atoms in total. The molecule has 0 saturated heterocycles. The van der Waals surface area contributed by atoms with E-state index in [1.807, 2.05) is 18.2 Å². The number of carbonyl (C=O) groups is 1.